The monoisotopic (exact) mass is 361 g/mol. The number of pyridine rings is 1. The fourth-order valence-corrected chi connectivity index (χ4v) is 2.44. The van der Waals surface area contributed by atoms with Crippen molar-refractivity contribution in [2.75, 3.05) is 19.6 Å². The summed E-state index contributed by atoms with van der Waals surface area (Å²) in [6, 6.07) is 10.9. The van der Waals surface area contributed by atoms with Gasteiger partial charge >= 0.3 is 0 Å². The Kier molecular flexibility index (Phi) is 4.70. The highest BCUT2D eigenvalue weighted by molar-refractivity contribution is 9.10. The lowest BCUT2D eigenvalue weighted by molar-refractivity contribution is 0.0942. The van der Waals surface area contributed by atoms with E-state index in [-0.39, 0.29) is 5.91 Å². The summed E-state index contributed by atoms with van der Waals surface area (Å²) < 4.78 is 6.57. The number of hydrogen-bond donors (Lipinski definition) is 2. The lowest BCUT2D eigenvalue weighted by Crippen LogP contribution is -2.48. The van der Waals surface area contributed by atoms with E-state index in [1.807, 2.05) is 24.3 Å². The Morgan fingerprint density at radius 1 is 1.36 bits per heavy atom. The maximum absolute atomic E-state index is 12.0. The Bertz CT molecular complexity index is 657. The molecule has 0 atom stereocenters. The third kappa shape index (κ3) is 3.84. The quantitative estimate of drug-likeness (QED) is 0.858. The van der Waals surface area contributed by atoms with Crippen LogP contribution in [0.3, 0.4) is 0 Å². The second-order valence-corrected chi connectivity index (χ2v) is 6.09. The van der Waals surface area contributed by atoms with Gasteiger partial charge in [0, 0.05) is 42.3 Å². The van der Waals surface area contributed by atoms with Crippen molar-refractivity contribution in [2.24, 2.45) is 5.92 Å². The molecule has 1 aliphatic rings. The molecule has 22 heavy (non-hydrogen) atoms. The number of aromatic nitrogens is 1. The number of rotatable bonds is 5. The Labute approximate surface area is 137 Å². The maximum atomic E-state index is 12.0. The second kappa shape index (κ2) is 6.89. The van der Waals surface area contributed by atoms with Crippen LogP contribution < -0.4 is 15.4 Å². The van der Waals surface area contributed by atoms with Gasteiger partial charge in [0.25, 0.3) is 5.91 Å². The van der Waals surface area contributed by atoms with E-state index >= 15 is 0 Å². The lowest BCUT2D eigenvalue weighted by atomic mass is 10.0. The van der Waals surface area contributed by atoms with Crippen molar-refractivity contribution in [3.05, 3.63) is 52.6 Å². The third-order valence-electron chi connectivity index (χ3n) is 3.43. The van der Waals surface area contributed by atoms with Gasteiger partial charge in [0.1, 0.15) is 5.75 Å². The molecule has 5 nitrogen and oxygen atoms in total. The third-order valence-corrected chi connectivity index (χ3v) is 3.93. The number of benzene rings is 1. The minimum Gasteiger partial charge on any atom is -0.439 e. The average Bonchev–Trinajstić information content (AvgIpc) is 2.46. The molecule has 1 amide bonds. The lowest BCUT2D eigenvalue weighted by Gasteiger charge is -2.27. The molecule has 0 unspecified atom stereocenters. The molecule has 2 aromatic rings. The highest BCUT2D eigenvalue weighted by Gasteiger charge is 2.17. The van der Waals surface area contributed by atoms with E-state index < -0.39 is 0 Å². The fraction of sp³-hybridized carbons (Fsp3) is 0.250. The zero-order valence-corrected chi connectivity index (χ0v) is 13.5. The van der Waals surface area contributed by atoms with E-state index in [9.17, 15) is 4.79 Å². The average molecular weight is 362 g/mol. The van der Waals surface area contributed by atoms with Gasteiger partial charge in [-0.2, -0.15) is 0 Å². The largest absolute Gasteiger partial charge is 0.439 e. The molecule has 2 N–H and O–H groups in total. The molecule has 2 heterocycles. The van der Waals surface area contributed by atoms with E-state index in [1.165, 1.54) is 6.20 Å². The van der Waals surface area contributed by atoms with E-state index in [1.54, 1.807) is 12.1 Å². The summed E-state index contributed by atoms with van der Waals surface area (Å²) in [5.74, 6) is 1.58. The van der Waals surface area contributed by atoms with Gasteiger partial charge in [0.2, 0.25) is 5.88 Å². The number of nitrogens with one attached hydrogen (secondary N) is 2. The summed E-state index contributed by atoms with van der Waals surface area (Å²) in [4.78, 5) is 16.2. The maximum Gasteiger partial charge on any atom is 0.252 e. The summed E-state index contributed by atoms with van der Waals surface area (Å²) in [5, 5.41) is 6.09. The molecule has 6 heteroatoms. The molecule has 1 aromatic heterocycles. The molecule has 0 spiro atoms. The highest BCUT2D eigenvalue weighted by atomic mass is 79.9. The van der Waals surface area contributed by atoms with Gasteiger partial charge in [-0.3, -0.25) is 4.79 Å². The van der Waals surface area contributed by atoms with Crippen LogP contribution in [-0.2, 0) is 0 Å². The van der Waals surface area contributed by atoms with Crippen molar-refractivity contribution in [1.29, 1.82) is 0 Å². The first-order valence-electron chi connectivity index (χ1n) is 7.09. The first-order valence-corrected chi connectivity index (χ1v) is 7.88. The predicted octanol–water partition coefficient (Wildman–Crippen LogP) is 2.59. The molecule has 0 bridgehead atoms. The first kappa shape index (κ1) is 15.0. The van der Waals surface area contributed by atoms with Gasteiger partial charge in [0.05, 0.1) is 5.56 Å². The number of ether oxygens (including phenoxy) is 1. The van der Waals surface area contributed by atoms with Crippen LogP contribution >= 0.6 is 15.9 Å². The first-order chi connectivity index (χ1) is 10.7. The molecule has 0 aliphatic carbocycles. The van der Waals surface area contributed by atoms with Crippen LogP contribution in [0.4, 0.5) is 0 Å². The summed E-state index contributed by atoms with van der Waals surface area (Å²) in [5.41, 5.74) is 0.536. The number of halogens is 1. The molecule has 1 saturated heterocycles. The molecule has 3 rings (SSSR count). The zero-order chi connectivity index (χ0) is 15.4. The molecule has 114 valence electrons. The minimum atomic E-state index is -0.103. The topological polar surface area (TPSA) is 63.2 Å². The van der Waals surface area contributed by atoms with Gasteiger partial charge in [-0.1, -0.05) is 22.0 Å². The molecule has 0 saturated carbocycles. The number of carbonyl (C=O) groups is 1. The van der Waals surface area contributed by atoms with Crippen LogP contribution in [0.5, 0.6) is 11.6 Å². The van der Waals surface area contributed by atoms with Gasteiger partial charge in [-0.25, -0.2) is 4.98 Å². The fourth-order valence-electron chi connectivity index (χ4n) is 2.06. The molecular weight excluding hydrogens is 346 g/mol. The van der Waals surface area contributed by atoms with Crippen LogP contribution in [0.1, 0.15) is 10.4 Å². The van der Waals surface area contributed by atoms with E-state index in [0.717, 1.165) is 17.6 Å². The Morgan fingerprint density at radius 3 is 2.86 bits per heavy atom. The van der Waals surface area contributed by atoms with Crippen molar-refractivity contribution in [3.63, 3.8) is 0 Å². The molecule has 1 fully saturated rings. The summed E-state index contributed by atoms with van der Waals surface area (Å²) in [7, 11) is 0. The summed E-state index contributed by atoms with van der Waals surface area (Å²) >= 11 is 3.39. The SMILES string of the molecule is O=C(NCC1CNC1)c1ccc(Oc2cccc(Br)c2)nc1. The zero-order valence-electron chi connectivity index (χ0n) is 11.9. The normalized spacial score (nSPS) is 14.2. The van der Waals surface area contributed by atoms with Gasteiger partial charge < -0.3 is 15.4 Å². The Hall–Kier alpha value is -1.92. The van der Waals surface area contributed by atoms with Gasteiger partial charge in [-0.15, -0.1) is 0 Å². The van der Waals surface area contributed by atoms with E-state index in [4.69, 9.17) is 4.74 Å². The number of nitrogens with zero attached hydrogens (tertiary/aromatic N) is 1. The van der Waals surface area contributed by atoms with Crippen LogP contribution in [0, 0.1) is 5.92 Å². The van der Waals surface area contributed by atoms with Crippen LogP contribution in [0.25, 0.3) is 0 Å². The van der Waals surface area contributed by atoms with E-state index in [2.05, 4.69) is 31.5 Å². The van der Waals surface area contributed by atoms with E-state index in [0.29, 0.717) is 29.7 Å². The Balaban J connectivity index is 1.58. The Morgan fingerprint density at radius 2 is 2.23 bits per heavy atom. The molecular formula is C16H16BrN3O2. The van der Waals surface area contributed by atoms with Crippen molar-refractivity contribution >= 4 is 21.8 Å². The predicted molar refractivity (Wildman–Crippen MR) is 87.1 cm³/mol. The van der Waals surface area contributed by atoms with Crippen molar-refractivity contribution in [1.82, 2.24) is 15.6 Å². The molecule has 1 aliphatic heterocycles. The number of hydrogen-bond acceptors (Lipinski definition) is 4. The van der Waals surface area contributed by atoms with Crippen LogP contribution in [-0.4, -0.2) is 30.5 Å². The smallest absolute Gasteiger partial charge is 0.252 e. The summed E-state index contributed by atoms with van der Waals surface area (Å²) in [6.45, 7) is 2.64. The van der Waals surface area contributed by atoms with Crippen molar-refractivity contribution < 1.29 is 9.53 Å². The molecule has 0 radical (unpaired) electrons. The van der Waals surface area contributed by atoms with Crippen molar-refractivity contribution in [3.8, 4) is 11.6 Å². The van der Waals surface area contributed by atoms with Crippen LogP contribution in [0.2, 0.25) is 0 Å². The number of carbonyl (C=O) groups excluding carboxylic acids is 1. The second-order valence-electron chi connectivity index (χ2n) is 5.18. The van der Waals surface area contributed by atoms with Gasteiger partial charge in [-0.05, 0) is 24.3 Å². The summed E-state index contributed by atoms with van der Waals surface area (Å²) in [6.07, 6.45) is 1.53. The van der Waals surface area contributed by atoms with Crippen LogP contribution in [0.15, 0.2) is 47.1 Å². The minimum absolute atomic E-state index is 0.103. The van der Waals surface area contributed by atoms with Gasteiger partial charge in [0.15, 0.2) is 0 Å². The highest BCUT2D eigenvalue weighted by Crippen LogP contribution is 2.22. The standard InChI is InChI=1S/C16H16BrN3O2/c17-13-2-1-3-14(6-13)22-15-5-4-12(10-19-15)16(21)20-9-11-7-18-8-11/h1-6,10-11,18H,7-9H2,(H,20,21). The number of amides is 1. The van der Waals surface area contributed by atoms with Crippen molar-refractivity contribution in [2.45, 2.75) is 0 Å². The molecule has 1 aromatic carbocycles.